The first-order chi connectivity index (χ1) is 7.00. The third kappa shape index (κ3) is 0.984. The molecule has 0 amide bonds. The van der Waals surface area contributed by atoms with Crippen molar-refractivity contribution in [3.63, 3.8) is 0 Å². The molecule has 0 radical (unpaired) electrons. The Balaban J connectivity index is 3.24. The van der Waals surface area contributed by atoms with Gasteiger partial charge in [0.1, 0.15) is 10.6 Å². The van der Waals surface area contributed by atoms with Gasteiger partial charge in [-0.05, 0) is 13.8 Å². The van der Waals surface area contributed by atoms with Crippen molar-refractivity contribution >= 4 is 11.6 Å². The summed E-state index contributed by atoms with van der Waals surface area (Å²) in [5.74, 6) is 2.28. The van der Waals surface area contributed by atoms with E-state index in [1.807, 2.05) is 0 Å². The molecule has 15 heavy (non-hydrogen) atoms. The zero-order valence-corrected chi connectivity index (χ0v) is 8.92. The minimum Gasteiger partial charge on any atom is -0.266 e. The number of aryl methyl sites for hydroxylation is 2. The van der Waals surface area contributed by atoms with E-state index >= 15 is 0 Å². The van der Waals surface area contributed by atoms with Crippen molar-refractivity contribution in [3.8, 4) is 12.3 Å². The SMILES string of the molecule is C#Cc1c(C)n2c(C)c(Cl)c(=O)n2c1=O. The molecule has 76 valence electrons. The number of aromatic nitrogens is 2. The fraction of sp³-hybridized carbons (Fsp3) is 0.200. The molecule has 0 saturated heterocycles. The largest absolute Gasteiger partial charge is 0.293 e. The number of halogens is 1. The van der Waals surface area contributed by atoms with E-state index < -0.39 is 11.1 Å². The maximum Gasteiger partial charge on any atom is 0.293 e. The summed E-state index contributed by atoms with van der Waals surface area (Å²) in [6, 6.07) is 0. The van der Waals surface area contributed by atoms with Crippen molar-refractivity contribution in [1.82, 2.24) is 9.03 Å². The zero-order chi connectivity index (χ0) is 11.3. The molecule has 0 atom stereocenters. The standard InChI is InChI=1S/C10H7ClN2O2/c1-4-7-5(2)12-6(3)8(11)10(15)13(12)9(7)14/h1H,2-3H3. The Kier molecular flexibility index (Phi) is 1.88. The average Bonchev–Trinajstić information content (AvgIpc) is 2.58. The normalized spacial score (nSPS) is 10.8. The number of hydrogen-bond acceptors (Lipinski definition) is 2. The molecule has 0 N–H and O–H groups in total. The zero-order valence-electron chi connectivity index (χ0n) is 8.17. The highest BCUT2D eigenvalue weighted by molar-refractivity contribution is 6.31. The maximum absolute atomic E-state index is 11.7. The Morgan fingerprint density at radius 1 is 1.13 bits per heavy atom. The van der Waals surface area contributed by atoms with E-state index in [2.05, 4.69) is 5.92 Å². The molecule has 4 nitrogen and oxygen atoms in total. The number of terminal acetylenes is 1. The highest BCUT2D eigenvalue weighted by Crippen LogP contribution is 2.12. The first kappa shape index (κ1) is 9.81. The van der Waals surface area contributed by atoms with Gasteiger partial charge in [-0.1, -0.05) is 17.5 Å². The topological polar surface area (TPSA) is 43.0 Å². The maximum atomic E-state index is 11.7. The molecule has 2 aromatic rings. The van der Waals surface area contributed by atoms with Crippen LogP contribution in [0.4, 0.5) is 0 Å². The quantitative estimate of drug-likeness (QED) is 0.608. The minimum atomic E-state index is -0.524. The highest BCUT2D eigenvalue weighted by Gasteiger charge is 2.19. The van der Waals surface area contributed by atoms with Crippen LogP contribution in [-0.2, 0) is 0 Å². The van der Waals surface area contributed by atoms with Gasteiger partial charge < -0.3 is 0 Å². The lowest BCUT2D eigenvalue weighted by Gasteiger charge is -1.93. The summed E-state index contributed by atoms with van der Waals surface area (Å²) in [6.45, 7) is 3.34. The molecule has 0 bridgehead atoms. The van der Waals surface area contributed by atoms with Crippen molar-refractivity contribution in [3.05, 3.63) is 42.7 Å². The van der Waals surface area contributed by atoms with Gasteiger partial charge in [-0.2, -0.15) is 4.52 Å². The van der Waals surface area contributed by atoms with E-state index in [1.54, 1.807) is 13.8 Å². The van der Waals surface area contributed by atoms with Crippen molar-refractivity contribution in [2.75, 3.05) is 0 Å². The van der Waals surface area contributed by atoms with E-state index in [1.165, 1.54) is 4.52 Å². The van der Waals surface area contributed by atoms with Crippen molar-refractivity contribution in [2.45, 2.75) is 13.8 Å². The number of nitrogens with zero attached hydrogens (tertiary/aromatic N) is 2. The third-order valence-electron chi connectivity index (χ3n) is 2.45. The molecule has 0 aliphatic heterocycles. The molecule has 0 fully saturated rings. The predicted molar refractivity (Wildman–Crippen MR) is 57.0 cm³/mol. The second-order valence-electron chi connectivity index (χ2n) is 3.24. The van der Waals surface area contributed by atoms with Crippen molar-refractivity contribution < 1.29 is 0 Å². The summed E-state index contributed by atoms with van der Waals surface area (Å²) in [4.78, 5) is 23.3. The highest BCUT2D eigenvalue weighted by atomic mass is 35.5. The summed E-state index contributed by atoms with van der Waals surface area (Å²) in [7, 11) is 0. The molecule has 0 saturated carbocycles. The molecule has 2 aromatic heterocycles. The molecule has 0 unspecified atom stereocenters. The Hall–Kier alpha value is -1.73. The first-order valence-corrected chi connectivity index (χ1v) is 4.61. The average molecular weight is 223 g/mol. The molecule has 0 aliphatic rings. The second kappa shape index (κ2) is 2.88. The molecule has 0 spiro atoms. The summed E-state index contributed by atoms with van der Waals surface area (Å²) < 4.78 is 2.41. The van der Waals surface area contributed by atoms with Crippen LogP contribution < -0.4 is 11.1 Å². The Labute approximate surface area is 90.0 Å². The van der Waals surface area contributed by atoms with Crippen molar-refractivity contribution in [1.29, 1.82) is 0 Å². The van der Waals surface area contributed by atoms with Crippen LogP contribution in [0.15, 0.2) is 9.59 Å². The van der Waals surface area contributed by atoms with E-state index in [4.69, 9.17) is 18.0 Å². The molecule has 0 aromatic carbocycles. The molecular weight excluding hydrogens is 216 g/mol. The van der Waals surface area contributed by atoms with Gasteiger partial charge in [-0.15, -0.1) is 6.42 Å². The molecule has 2 heterocycles. The van der Waals surface area contributed by atoms with Crippen LogP contribution in [0.25, 0.3) is 0 Å². The monoisotopic (exact) mass is 222 g/mol. The van der Waals surface area contributed by atoms with E-state index in [0.717, 1.165) is 4.52 Å². The van der Waals surface area contributed by atoms with E-state index in [9.17, 15) is 9.59 Å². The number of fused-ring (bicyclic) bond motifs is 1. The van der Waals surface area contributed by atoms with Crippen LogP contribution in [0.1, 0.15) is 17.0 Å². The lowest BCUT2D eigenvalue weighted by molar-refractivity contribution is 0.768. The van der Waals surface area contributed by atoms with Gasteiger partial charge >= 0.3 is 0 Å². The predicted octanol–water partition coefficient (Wildman–Crippen LogP) is 0.449. The van der Waals surface area contributed by atoms with Crippen LogP contribution in [0.2, 0.25) is 5.02 Å². The molecule has 0 aliphatic carbocycles. The first-order valence-electron chi connectivity index (χ1n) is 4.23. The van der Waals surface area contributed by atoms with Gasteiger partial charge in [0, 0.05) is 0 Å². The number of hydrogen-bond donors (Lipinski definition) is 0. The van der Waals surface area contributed by atoms with E-state index in [0.29, 0.717) is 11.4 Å². The van der Waals surface area contributed by atoms with Crippen LogP contribution >= 0.6 is 11.6 Å². The minimum absolute atomic E-state index is 0.0544. The Morgan fingerprint density at radius 2 is 1.73 bits per heavy atom. The summed E-state index contributed by atoms with van der Waals surface area (Å²) in [5.41, 5.74) is 0.271. The van der Waals surface area contributed by atoms with Gasteiger partial charge in [0.15, 0.2) is 0 Å². The lowest BCUT2D eigenvalue weighted by Crippen LogP contribution is -2.22. The van der Waals surface area contributed by atoms with Gasteiger partial charge in [0.05, 0.1) is 11.4 Å². The van der Waals surface area contributed by atoms with Crippen LogP contribution in [0.3, 0.4) is 0 Å². The molecule has 5 heteroatoms. The fourth-order valence-corrected chi connectivity index (χ4v) is 1.86. The van der Waals surface area contributed by atoms with E-state index in [-0.39, 0.29) is 10.6 Å². The second-order valence-corrected chi connectivity index (χ2v) is 3.62. The lowest BCUT2D eigenvalue weighted by atomic mass is 10.3. The smallest absolute Gasteiger partial charge is 0.266 e. The molecular formula is C10H7ClN2O2. The van der Waals surface area contributed by atoms with Gasteiger partial charge in [0.25, 0.3) is 11.1 Å². The summed E-state index contributed by atoms with van der Waals surface area (Å²) >= 11 is 5.76. The van der Waals surface area contributed by atoms with Gasteiger partial charge in [-0.25, -0.2) is 4.52 Å². The van der Waals surface area contributed by atoms with Crippen molar-refractivity contribution in [2.24, 2.45) is 0 Å². The Bertz CT molecular complexity index is 703. The van der Waals surface area contributed by atoms with Crippen LogP contribution in [-0.4, -0.2) is 9.03 Å². The van der Waals surface area contributed by atoms with Gasteiger partial charge in [-0.3, -0.25) is 9.59 Å². The fourth-order valence-electron chi connectivity index (χ4n) is 1.70. The van der Waals surface area contributed by atoms with Crippen LogP contribution in [0.5, 0.6) is 0 Å². The van der Waals surface area contributed by atoms with Crippen LogP contribution in [0, 0.1) is 26.2 Å². The Morgan fingerprint density at radius 3 is 2.20 bits per heavy atom. The number of rotatable bonds is 0. The summed E-state index contributed by atoms with van der Waals surface area (Å²) in [5, 5.41) is 0.0544. The van der Waals surface area contributed by atoms with Gasteiger partial charge in [0.2, 0.25) is 0 Å². The third-order valence-corrected chi connectivity index (χ3v) is 2.88. The molecule has 2 rings (SSSR count). The summed E-state index contributed by atoms with van der Waals surface area (Å²) in [6.07, 6.45) is 5.20.